The number of rotatable bonds is 2. The van der Waals surface area contributed by atoms with Crippen LogP contribution in [0.25, 0.3) is 10.4 Å². The zero-order valence-corrected chi connectivity index (χ0v) is 10.2. The van der Waals surface area contributed by atoms with E-state index in [0.29, 0.717) is 6.54 Å². The average Bonchev–Trinajstić information content (AvgIpc) is 2.64. The second-order valence-electron chi connectivity index (χ2n) is 3.10. The van der Waals surface area contributed by atoms with Gasteiger partial charge in [-0.25, -0.2) is 4.39 Å². The Morgan fingerprint density at radius 1 is 1.33 bits per heavy atom. The molecule has 0 aliphatic rings. The molecule has 0 radical (unpaired) electrons. The number of halogens is 2. The molecule has 0 aliphatic carbocycles. The number of thiophene rings is 1. The first-order chi connectivity index (χ1) is 7.22. The van der Waals surface area contributed by atoms with E-state index in [9.17, 15) is 4.39 Å². The summed E-state index contributed by atoms with van der Waals surface area (Å²) >= 11 is 5.07. The zero-order chi connectivity index (χ0) is 10.8. The summed E-state index contributed by atoms with van der Waals surface area (Å²) in [6.45, 7) is 0.345. The molecule has 0 aliphatic heterocycles. The van der Waals surface area contributed by atoms with Gasteiger partial charge >= 0.3 is 0 Å². The van der Waals surface area contributed by atoms with Gasteiger partial charge < -0.3 is 5.73 Å². The molecule has 2 rings (SSSR count). The Labute approximate surface area is 99.9 Å². The first-order valence-electron chi connectivity index (χ1n) is 4.44. The minimum Gasteiger partial charge on any atom is -0.326 e. The van der Waals surface area contributed by atoms with Gasteiger partial charge in [-0.15, -0.1) is 11.3 Å². The summed E-state index contributed by atoms with van der Waals surface area (Å²) in [5, 5.41) is 1.99. The Bertz CT molecular complexity index is 481. The normalized spacial score (nSPS) is 10.6. The van der Waals surface area contributed by atoms with Crippen molar-refractivity contribution in [3.8, 4) is 10.4 Å². The minimum absolute atomic E-state index is 0.244. The van der Waals surface area contributed by atoms with Gasteiger partial charge in [0, 0.05) is 15.9 Å². The van der Waals surface area contributed by atoms with Gasteiger partial charge in [0.2, 0.25) is 0 Å². The summed E-state index contributed by atoms with van der Waals surface area (Å²) in [7, 11) is 0. The third kappa shape index (κ3) is 2.12. The number of hydrogen-bond donors (Lipinski definition) is 1. The lowest BCUT2D eigenvalue weighted by Crippen LogP contribution is -1.99. The van der Waals surface area contributed by atoms with Crippen LogP contribution in [0.3, 0.4) is 0 Å². The van der Waals surface area contributed by atoms with Crippen molar-refractivity contribution in [3.05, 3.63) is 45.5 Å². The molecule has 2 N–H and O–H groups in total. The smallest absolute Gasteiger partial charge is 0.123 e. The van der Waals surface area contributed by atoms with Crippen molar-refractivity contribution in [2.45, 2.75) is 6.54 Å². The van der Waals surface area contributed by atoms with Crippen LogP contribution in [0, 0.1) is 5.82 Å². The van der Waals surface area contributed by atoms with Crippen molar-refractivity contribution < 1.29 is 4.39 Å². The van der Waals surface area contributed by atoms with Gasteiger partial charge in [0.05, 0.1) is 0 Å². The lowest BCUT2D eigenvalue weighted by molar-refractivity contribution is 0.626. The molecule has 2 aromatic rings. The van der Waals surface area contributed by atoms with E-state index < -0.39 is 0 Å². The second kappa shape index (κ2) is 4.43. The maximum atomic E-state index is 13.0. The van der Waals surface area contributed by atoms with Crippen LogP contribution < -0.4 is 5.73 Å². The second-order valence-corrected chi connectivity index (χ2v) is 4.87. The molecule has 0 bridgehead atoms. The third-order valence-corrected chi connectivity index (χ3v) is 4.02. The fraction of sp³-hybridized carbons (Fsp3) is 0.0909. The third-order valence-electron chi connectivity index (χ3n) is 2.15. The van der Waals surface area contributed by atoms with E-state index >= 15 is 0 Å². The van der Waals surface area contributed by atoms with Gasteiger partial charge in [-0.1, -0.05) is 6.07 Å². The Balaban J connectivity index is 2.58. The number of hydrogen-bond acceptors (Lipinski definition) is 2. The molecule has 0 saturated heterocycles. The van der Waals surface area contributed by atoms with Gasteiger partial charge in [0.15, 0.2) is 0 Å². The van der Waals surface area contributed by atoms with Crippen LogP contribution in [0.4, 0.5) is 4.39 Å². The minimum atomic E-state index is -0.244. The van der Waals surface area contributed by atoms with Gasteiger partial charge in [0.25, 0.3) is 0 Å². The SMILES string of the molecule is NCc1cc(F)ccc1-c1sccc1Br. The van der Waals surface area contributed by atoms with Crippen LogP contribution in [0.15, 0.2) is 34.1 Å². The first kappa shape index (κ1) is 10.8. The molecule has 0 unspecified atom stereocenters. The monoisotopic (exact) mass is 285 g/mol. The molecule has 0 saturated carbocycles. The molecule has 4 heteroatoms. The molecule has 78 valence electrons. The fourth-order valence-corrected chi connectivity index (χ4v) is 3.09. The van der Waals surface area contributed by atoms with E-state index in [1.54, 1.807) is 17.4 Å². The fourth-order valence-electron chi connectivity index (χ4n) is 1.44. The van der Waals surface area contributed by atoms with Gasteiger partial charge in [-0.05, 0) is 50.6 Å². The van der Waals surface area contributed by atoms with Crippen LogP contribution in [-0.4, -0.2) is 0 Å². The maximum Gasteiger partial charge on any atom is 0.123 e. The van der Waals surface area contributed by atoms with Crippen molar-refractivity contribution in [2.24, 2.45) is 5.73 Å². The summed E-state index contributed by atoms with van der Waals surface area (Å²) in [5.74, 6) is -0.244. The Kier molecular flexibility index (Phi) is 3.19. The summed E-state index contributed by atoms with van der Waals surface area (Å²) in [6, 6.07) is 6.69. The van der Waals surface area contributed by atoms with E-state index in [0.717, 1.165) is 20.5 Å². The van der Waals surface area contributed by atoms with E-state index in [4.69, 9.17) is 5.73 Å². The molecule has 1 heterocycles. The van der Waals surface area contributed by atoms with E-state index in [1.807, 2.05) is 11.4 Å². The molecular formula is C11H9BrFNS. The highest BCUT2D eigenvalue weighted by Crippen LogP contribution is 2.35. The van der Waals surface area contributed by atoms with Crippen molar-refractivity contribution in [1.29, 1.82) is 0 Å². The van der Waals surface area contributed by atoms with Crippen LogP contribution >= 0.6 is 27.3 Å². The topological polar surface area (TPSA) is 26.0 Å². The van der Waals surface area contributed by atoms with Gasteiger partial charge in [-0.3, -0.25) is 0 Å². The lowest BCUT2D eigenvalue weighted by Gasteiger charge is -2.06. The van der Waals surface area contributed by atoms with Gasteiger partial charge in [-0.2, -0.15) is 0 Å². The van der Waals surface area contributed by atoms with E-state index in [2.05, 4.69) is 15.9 Å². The lowest BCUT2D eigenvalue weighted by atomic mass is 10.1. The molecular weight excluding hydrogens is 277 g/mol. The summed E-state index contributed by atoms with van der Waals surface area (Å²) in [5.41, 5.74) is 7.43. The maximum absolute atomic E-state index is 13.0. The summed E-state index contributed by atoms with van der Waals surface area (Å²) in [6.07, 6.45) is 0. The van der Waals surface area contributed by atoms with Crippen LogP contribution in [-0.2, 0) is 6.54 Å². The predicted octanol–water partition coefficient (Wildman–Crippen LogP) is 3.78. The molecule has 0 amide bonds. The van der Waals surface area contributed by atoms with Crippen molar-refractivity contribution in [3.63, 3.8) is 0 Å². The average molecular weight is 286 g/mol. The summed E-state index contributed by atoms with van der Waals surface area (Å²) < 4.78 is 14.0. The molecule has 0 fully saturated rings. The standard InChI is InChI=1S/C11H9BrFNS/c12-10-3-4-15-11(10)9-2-1-8(13)5-7(9)6-14/h1-5H,6,14H2. The molecule has 0 atom stereocenters. The highest BCUT2D eigenvalue weighted by atomic mass is 79.9. The predicted molar refractivity (Wildman–Crippen MR) is 65.3 cm³/mol. The molecule has 1 nitrogen and oxygen atoms in total. The quantitative estimate of drug-likeness (QED) is 0.893. The first-order valence-corrected chi connectivity index (χ1v) is 6.11. The number of nitrogens with two attached hydrogens (primary N) is 1. The number of benzene rings is 1. The van der Waals surface area contributed by atoms with Crippen molar-refractivity contribution in [1.82, 2.24) is 0 Å². The van der Waals surface area contributed by atoms with E-state index in [1.165, 1.54) is 12.1 Å². The Hall–Kier alpha value is -0.710. The van der Waals surface area contributed by atoms with Crippen molar-refractivity contribution in [2.75, 3.05) is 0 Å². The summed E-state index contributed by atoms with van der Waals surface area (Å²) in [4.78, 5) is 1.09. The van der Waals surface area contributed by atoms with Crippen LogP contribution in [0.5, 0.6) is 0 Å². The molecule has 1 aromatic carbocycles. The molecule has 0 spiro atoms. The highest BCUT2D eigenvalue weighted by molar-refractivity contribution is 9.10. The van der Waals surface area contributed by atoms with Crippen molar-refractivity contribution >= 4 is 27.3 Å². The van der Waals surface area contributed by atoms with E-state index in [-0.39, 0.29) is 5.82 Å². The largest absolute Gasteiger partial charge is 0.326 e. The van der Waals surface area contributed by atoms with Crippen LogP contribution in [0.1, 0.15) is 5.56 Å². The Morgan fingerprint density at radius 3 is 2.73 bits per heavy atom. The zero-order valence-electron chi connectivity index (χ0n) is 7.84. The molecule has 1 aromatic heterocycles. The van der Waals surface area contributed by atoms with Crippen LogP contribution in [0.2, 0.25) is 0 Å². The Morgan fingerprint density at radius 2 is 2.13 bits per heavy atom. The molecule has 15 heavy (non-hydrogen) atoms. The highest BCUT2D eigenvalue weighted by Gasteiger charge is 2.09. The van der Waals surface area contributed by atoms with Gasteiger partial charge in [0.1, 0.15) is 5.82 Å².